The fraction of sp³-hybridized carbons (Fsp3) is 0.308. The van der Waals surface area contributed by atoms with Gasteiger partial charge >= 0.3 is 0 Å². The monoisotopic (exact) mass is 442 g/mol. The van der Waals surface area contributed by atoms with Crippen LogP contribution in [0.3, 0.4) is 0 Å². The lowest BCUT2D eigenvalue weighted by molar-refractivity contribution is 0.153. The SMILES string of the molecule is CN1CCN(CCCNC(=N)c2ccc3[nH]c(O)c(-c4ccc5ccccc5n4)c3c2)CC1. The van der Waals surface area contributed by atoms with E-state index in [1.165, 1.54) is 0 Å². The third-order valence-corrected chi connectivity index (χ3v) is 6.47. The van der Waals surface area contributed by atoms with Gasteiger partial charge in [0.15, 0.2) is 5.88 Å². The number of H-pyrrole nitrogens is 1. The molecule has 1 aliphatic rings. The number of aromatic amines is 1. The molecule has 0 spiro atoms. The van der Waals surface area contributed by atoms with Crippen LogP contribution >= 0.6 is 0 Å². The lowest BCUT2D eigenvalue weighted by Crippen LogP contribution is -2.45. The highest BCUT2D eigenvalue weighted by atomic mass is 16.3. The van der Waals surface area contributed by atoms with Gasteiger partial charge in [-0.25, -0.2) is 4.98 Å². The predicted molar refractivity (Wildman–Crippen MR) is 134 cm³/mol. The molecule has 7 nitrogen and oxygen atoms in total. The number of likely N-dealkylation sites (N-methyl/N-ethyl adjacent to an activating group) is 1. The average Bonchev–Trinajstić information content (AvgIpc) is 3.17. The Morgan fingerprint density at radius 3 is 2.76 bits per heavy atom. The van der Waals surface area contributed by atoms with E-state index in [1.807, 2.05) is 54.6 Å². The first-order valence-corrected chi connectivity index (χ1v) is 11.5. The molecule has 1 aliphatic heterocycles. The molecule has 7 heteroatoms. The summed E-state index contributed by atoms with van der Waals surface area (Å²) in [6.45, 7) is 6.31. The third kappa shape index (κ3) is 4.55. The third-order valence-electron chi connectivity index (χ3n) is 6.47. The first-order valence-electron chi connectivity index (χ1n) is 11.5. The lowest BCUT2D eigenvalue weighted by atomic mass is 10.0. The van der Waals surface area contributed by atoms with Gasteiger partial charge in [-0.15, -0.1) is 0 Å². The Morgan fingerprint density at radius 1 is 1.09 bits per heavy atom. The molecule has 33 heavy (non-hydrogen) atoms. The van der Waals surface area contributed by atoms with Gasteiger partial charge in [-0.1, -0.05) is 24.3 Å². The Bertz CT molecular complexity index is 1290. The fourth-order valence-corrected chi connectivity index (χ4v) is 4.49. The molecule has 0 radical (unpaired) electrons. The number of amidine groups is 1. The van der Waals surface area contributed by atoms with Gasteiger partial charge in [-0.05, 0) is 50.3 Å². The van der Waals surface area contributed by atoms with Crippen molar-refractivity contribution in [1.29, 1.82) is 5.41 Å². The maximum Gasteiger partial charge on any atom is 0.199 e. The van der Waals surface area contributed by atoms with Gasteiger partial charge in [0.05, 0.1) is 16.8 Å². The topological polar surface area (TPSA) is 91.3 Å². The second-order valence-corrected chi connectivity index (χ2v) is 8.80. The summed E-state index contributed by atoms with van der Waals surface area (Å²) < 4.78 is 0. The summed E-state index contributed by atoms with van der Waals surface area (Å²) in [6.07, 6.45) is 1.01. The number of hydrogen-bond acceptors (Lipinski definition) is 5. The highest BCUT2D eigenvalue weighted by Gasteiger charge is 2.16. The number of hydrogen-bond donors (Lipinski definition) is 4. The van der Waals surface area contributed by atoms with E-state index >= 15 is 0 Å². The van der Waals surface area contributed by atoms with E-state index in [9.17, 15) is 5.11 Å². The van der Waals surface area contributed by atoms with Crippen LogP contribution in [0.1, 0.15) is 12.0 Å². The number of fused-ring (bicyclic) bond motifs is 2. The Kier molecular flexibility index (Phi) is 5.98. The van der Waals surface area contributed by atoms with Crippen molar-refractivity contribution in [3.63, 3.8) is 0 Å². The first-order chi connectivity index (χ1) is 16.1. The van der Waals surface area contributed by atoms with Crippen LogP contribution < -0.4 is 5.32 Å². The second-order valence-electron chi connectivity index (χ2n) is 8.80. The molecule has 3 heterocycles. The number of nitrogens with one attached hydrogen (secondary N) is 3. The molecule has 4 N–H and O–H groups in total. The van der Waals surface area contributed by atoms with Gasteiger partial charge in [0, 0.05) is 54.6 Å². The number of aromatic hydroxyl groups is 1. The Labute approximate surface area is 193 Å². The van der Waals surface area contributed by atoms with Gasteiger partial charge in [0.25, 0.3) is 0 Å². The van der Waals surface area contributed by atoms with E-state index in [2.05, 4.69) is 27.1 Å². The number of piperazine rings is 1. The molecule has 1 saturated heterocycles. The van der Waals surface area contributed by atoms with E-state index in [0.29, 0.717) is 17.1 Å². The molecule has 5 rings (SSSR count). The molecule has 4 aromatic rings. The van der Waals surface area contributed by atoms with Crippen molar-refractivity contribution in [2.45, 2.75) is 6.42 Å². The number of aromatic nitrogens is 2. The van der Waals surface area contributed by atoms with E-state index in [1.54, 1.807) is 0 Å². The number of pyridine rings is 1. The number of nitrogens with zero attached hydrogens (tertiary/aromatic N) is 3. The maximum atomic E-state index is 10.6. The van der Waals surface area contributed by atoms with E-state index in [0.717, 1.165) is 73.1 Å². The lowest BCUT2D eigenvalue weighted by Gasteiger charge is -2.32. The van der Waals surface area contributed by atoms with E-state index in [4.69, 9.17) is 10.4 Å². The molecular formula is C26H30N6O. The number of para-hydroxylation sites is 1. The Balaban J connectivity index is 1.31. The summed E-state index contributed by atoms with van der Waals surface area (Å²) in [5.41, 5.74) is 3.88. The summed E-state index contributed by atoms with van der Waals surface area (Å²) in [6, 6.07) is 17.7. The normalized spacial score (nSPS) is 15.3. The minimum Gasteiger partial charge on any atom is -0.494 e. The molecule has 0 unspecified atom stereocenters. The number of benzene rings is 2. The van der Waals surface area contributed by atoms with Gasteiger partial charge in [0.2, 0.25) is 0 Å². The molecule has 1 fully saturated rings. The van der Waals surface area contributed by atoms with Crippen LogP contribution in [0.15, 0.2) is 54.6 Å². The molecule has 2 aromatic heterocycles. The maximum absolute atomic E-state index is 10.6. The second kappa shape index (κ2) is 9.21. The smallest absolute Gasteiger partial charge is 0.199 e. The van der Waals surface area contributed by atoms with Crippen LogP contribution in [0.25, 0.3) is 33.1 Å². The largest absolute Gasteiger partial charge is 0.494 e. The average molecular weight is 443 g/mol. The summed E-state index contributed by atoms with van der Waals surface area (Å²) in [5.74, 6) is 0.491. The van der Waals surface area contributed by atoms with Crippen molar-refractivity contribution in [3.8, 4) is 17.1 Å². The summed E-state index contributed by atoms with van der Waals surface area (Å²) in [5, 5.41) is 24.3. The minimum atomic E-state index is 0.0941. The highest BCUT2D eigenvalue weighted by Crippen LogP contribution is 2.36. The Hall–Kier alpha value is -3.42. The van der Waals surface area contributed by atoms with Gasteiger partial charge < -0.3 is 25.2 Å². The van der Waals surface area contributed by atoms with E-state index in [-0.39, 0.29) is 5.88 Å². The summed E-state index contributed by atoms with van der Waals surface area (Å²) in [4.78, 5) is 12.7. The summed E-state index contributed by atoms with van der Waals surface area (Å²) in [7, 11) is 2.17. The molecule has 0 aliphatic carbocycles. The highest BCUT2D eigenvalue weighted by molar-refractivity contribution is 6.05. The molecule has 2 aromatic carbocycles. The van der Waals surface area contributed by atoms with Crippen molar-refractivity contribution in [1.82, 2.24) is 25.1 Å². The summed E-state index contributed by atoms with van der Waals surface area (Å²) >= 11 is 0. The van der Waals surface area contributed by atoms with Crippen LogP contribution in [0.2, 0.25) is 0 Å². The molecule has 0 atom stereocenters. The number of rotatable bonds is 6. The van der Waals surface area contributed by atoms with Crippen LogP contribution in [0, 0.1) is 5.41 Å². The quantitative estimate of drug-likeness (QED) is 0.208. The van der Waals surface area contributed by atoms with Crippen molar-refractivity contribution in [2.75, 3.05) is 46.3 Å². The van der Waals surface area contributed by atoms with Crippen molar-refractivity contribution >= 4 is 27.6 Å². The zero-order chi connectivity index (χ0) is 22.8. The zero-order valence-electron chi connectivity index (χ0n) is 18.9. The van der Waals surface area contributed by atoms with Crippen LogP contribution in [0.4, 0.5) is 0 Å². The van der Waals surface area contributed by atoms with Crippen LogP contribution in [-0.2, 0) is 0 Å². The fourth-order valence-electron chi connectivity index (χ4n) is 4.49. The molecular weight excluding hydrogens is 412 g/mol. The standard InChI is InChI=1S/C26H30N6O/c1-31-13-15-32(16-14-31)12-4-11-28-25(27)19-8-9-22-20(17-19)24(26(33)30-22)23-10-7-18-5-2-3-6-21(18)29-23/h2-3,5-10,17,30,33H,4,11-16H2,1H3,(H2,27,28). The molecule has 0 bridgehead atoms. The molecule has 170 valence electrons. The first kappa shape index (κ1) is 21.4. The predicted octanol–water partition coefficient (Wildman–Crippen LogP) is 3.64. The van der Waals surface area contributed by atoms with Crippen molar-refractivity contribution < 1.29 is 5.11 Å². The van der Waals surface area contributed by atoms with Gasteiger partial charge in [0.1, 0.15) is 5.84 Å². The Morgan fingerprint density at radius 2 is 1.91 bits per heavy atom. The van der Waals surface area contributed by atoms with Crippen LogP contribution in [0.5, 0.6) is 5.88 Å². The van der Waals surface area contributed by atoms with Crippen molar-refractivity contribution in [3.05, 3.63) is 60.2 Å². The molecule has 0 saturated carbocycles. The van der Waals surface area contributed by atoms with Gasteiger partial charge in [-0.3, -0.25) is 5.41 Å². The van der Waals surface area contributed by atoms with Crippen molar-refractivity contribution in [2.24, 2.45) is 0 Å². The van der Waals surface area contributed by atoms with Gasteiger partial charge in [-0.2, -0.15) is 0 Å². The van der Waals surface area contributed by atoms with E-state index < -0.39 is 0 Å². The molecule has 0 amide bonds. The minimum absolute atomic E-state index is 0.0941. The van der Waals surface area contributed by atoms with Crippen LogP contribution in [-0.4, -0.2) is 77.0 Å². The zero-order valence-corrected chi connectivity index (χ0v) is 18.9.